The number of aromatic nitrogens is 1. The Morgan fingerprint density at radius 1 is 1.44 bits per heavy atom. The topological polar surface area (TPSA) is 76.5 Å². The summed E-state index contributed by atoms with van der Waals surface area (Å²) in [7, 11) is 0. The van der Waals surface area contributed by atoms with Crippen LogP contribution < -0.4 is 0 Å². The Bertz CT molecular complexity index is 522. The number of furan rings is 1. The molecule has 0 aliphatic heterocycles. The van der Waals surface area contributed by atoms with Gasteiger partial charge in [0.2, 0.25) is 0 Å². The Kier molecular flexibility index (Phi) is 1.71. The molecule has 1 aliphatic carbocycles. The number of hydrogen-bond donors (Lipinski definition) is 1. The molecule has 5 nitrogen and oxygen atoms in total. The zero-order chi connectivity index (χ0) is 11.2. The summed E-state index contributed by atoms with van der Waals surface area (Å²) >= 11 is 0. The van der Waals surface area contributed by atoms with Gasteiger partial charge in [-0.3, -0.25) is 4.79 Å². The highest BCUT2D eigenvalue weighted by Crippen LogP contribution is 2.48. The van der Waals surface area contributed by atoms with Crippen LogP contribution in [0.3, 0.4) is 0 Å². The van der Waals surface area contributed by atoms with E-state index in [4.69, 9.17) is 13.9 Å². The predicted octanol–water partition coefficient (Wildman–Crippen LogP) is 2.05. The zero-order valence-corrected chi connectivity index (χ0v) is 8.34. The van der Waals surface area contributed by atoms with Gasteiger partial charge in [-0.1, -0.05) is 0 Å². The zero-order valence-electron chi connectivity index (χ0n) is 8.34. The number of nitrogens with zero attached hydrogens (tertiary/aromatic N) is 1. The van der Waals surface area contributed by atoms with Crippen LogP contribution in [0.25, 0.3) is 11.7 Å². The van der Waals surface area contributed by atoms with Gasteiger partial charge < -0.3 is 13.9 Å². The van der Waals surface area contributed by atoms with E-state index in [-0.39, 0.29) is 0 Å². The van der Waals surface area contributed by atoms with E-state index >= 15 is 0 Å². The molecule has 1 aliphatic rings. The second-order valence-corrected chi connectivity index (χ2v) is 3.90. The molecular weight excluding hydrogens is 210 g/mol. The van der Waals surface area contributed by atoms with Crippen molar-refractivity contribution in [2.75, 3.05) is 0 Å². The first-order chi connectivity index (χ1) is 7.72. The Hall–Kier alpha value is -2.04. The minimum Gasteiger partial charge on any atom is -0.481 e. The van der Waals surface area contributed by atoms with Gasteiger partial charge >= 0.3 is 5.97 Å². The minimum atomic E-state index is -0.841. The molecule has 2 heterocycles. The van der Waals surface area contributed by atoms with Crippen molar-refractivity contribution in [2.45, 2.75) is 18.3 Å². The van der Waals surface area contributed by atoms with Crippen molar-refractivity contribution >= 4 is 5.97 Å². The molecule has 0 spiro atoms. The minimum absolute atomic E-state index is 0.326. The normalized spacial score (nSPS) is 17.2. The highest BCUT2D eigenvalue weighted by atomic mass is 16.4. The number of rotatable bonds is 3. The van der Waals surface area contributed by atoms with Crippen molar-refractivity contribution in [3.8, 4) is 11.7 Å². The van der Waals surface area contributed by atoms with Gasteiger partial charge in [0.1, 0.15) is 11.7 Å². The average Bonchev–Trinajstić information content (AvgIpc) is 2.75. The summed E-state index contributed by atoms with van der Waals surface area (Å²) in [6.45, 7) is 0. The molecule has 2 aromatic rings. The summed E-state index contributed by atoms with van der Waals surface area (Å²) in [6.07, 6.45) is 4.15. The Morgan fingerprint density at radius 2 is 2.25 bits per heavy atom. The first-order valence-corrected chi connectivity index (χ1v) is 4.96. The van der Waals surface area contributed by atoms with Crippen LogP contribution in [0, 0.1) is 0 Å². The lowest BCUT2D eigenvalue weighted by atomic mass is 10.0. The monoisotopic (exact) mass is 219 g/mol. The largest absolute Gasteiger partial charge is 0.481 e. The Balaban J connectivity index is 1.98. The highest BCUT2D eigenvalue weighted by molar-refractivity contribution is 5.84. The smallest absolute Gasteiger partial charge is 0.315 e. The molecular formula is C11H9NO4. The number of carboxylic acid groups (broad SMARTS) is 1. The first kappa shape index (κ1) is 9.21. The third-order valence-electron chi connectivity index (χ3n) is 2.89. The molecule has 0 saturated heterocycles. The van der Waals surface area contributed by atoms with E-state index < -0.39 is 11.4 Å². The lowest BCUT2D eigenvalue weighted by Gasteiger charge is -2.02. The molecule has 0 amide bonds. The quantitative estimate of drug-likeness (QED) is 0.854. The molecule has 0 atom stereocenters. The van der Waals surface area contributed by atoms with Crippen LogP contribution in [0.5, 0.6) is 0 Å². The van der Waals surface area contributed by atoms with Gasteiger partial charge in [0.15, 0.2) is 5.76 Å². The molecule has 2 aromatic heterocycles. The summed E-state index contributed by atoms with van der Waals surface area (Å²) in [5.74, 6) is -0.00763. The third kappa shape index (κ3) is 1.18. The molecule has 1 fully saturated rings. The molecule has 16 heavy (non-hydrogen) atoms. The number of aliphatic carboxylic acids is 1. The van der Waals surface area contributed by atoms with E-state index in [0.29, 0.717) is 30.2 Å². The van der Waals surface area contributed by atoms with Gasteiger partial charge in [-0.2, -0.15) is 0 Å². The van der Waals surface area contributed by atoms with E-state index in [1.165, 1.54) is 12.5 Å². The number of hydrogen-bond acceptors (Lipinski definition) is 4. The van der Waals surface area contributed by atoms with Crippen LogP contribution in [0.4, 0.5) is 0 Å². The number of oxazole rings is 1. The number of carbonyl (C=O) groups is 1. The molecule has 0 bridgehead atoms. The van der Waals surface area contributed by atoms with Crippen LogP contribution in [0.15, 0.2) is 33.5 Å². The summed E-state index contributed by atoms with van der Waals surface area (Å²) in [5.41, 5.74) is -0.347. The molecule has 5 heteroatoms. The van der Waals surface area contributed by atoms with Crippen molar-refractivity contribution < 1.29 is 18.7 Å². The van der Waals surface area contributed by atoms with E-state index in [9.17, 15) is 4.79 Å². The first-order valence-electron chi connectivity index (χ1n) is 4.96. The fourth-order valence-corrected chi connectivity index (χ4v) is 1.71. The maximum absolute atomic E-state index is 11.1. The molecule has 0 unspecified atom stereocenters. The van der Waals surface area contributed by atoms with Gasteiger partial charge in [-0.25, -0.2) is 4.98 Å². The maximum atomic E-state index is 11.1. The van der Waals surface area contributed by atoms with Crippen LogP contribution in [0.2, 0.25) is 0 Å². The lowest BCUT2D eigenvalue weighted by molar-refractivity contribution is -0.140. The van der Waals surface area contributed by atoms with E-state index in [0.717, 1.165) is 0 Å². The second-order valence-electron chi connectivity index (χ2n) is 3.90. The summed E-state index contributed by atoms with van der Waals surface area (Å²) in [5, 5.41) is 9.09. The Morgan fingerprint density at radius 3 is 2.81 bits per heavy atom. The SMILES string of the molecule is O=C(O)C1(c2coc(-c3ccco3)n2)CC1. The van der Waals surface area contributed by atoms with Gasteiger partial charge in [0, 0.05) is 0 Å². The molecule has 1 saturated carbocycles. The van der Waals surface area contributed by atoms with Crippen molar-refractivity contribution in [3.05, 3.63) is 30.4 Å². The standard InChI is InChI=1S/C11H9NO4/c13-10(14)11(3-4-11)8-6-16-9(12-8)7-2-1-5-15-7/h1-2,5-6H,3-4H2,(H,13,14). The number of carboxylic acids is 1. The van der Waals surface area contributed by atoms with E-state index in [2.05, 4.69) is 4.98 Å². The molecule has 3 rings (SSSR count). The Labute approximate surface area is 90.7 Å². The maximum Gasteiger partial charge on any atom is 0.315 e. The van der Waals surface area contributed by atoms with Gasteiger partial charge in [-0.05, 0) is 25.0 Å². The summed E-state index contributed by atoms with van der Waals surface area (Å²) in [4.78, 5) is 15.2. The molecule has 0 aromatic carbocycles. The molecule has 1 N–H and O–H groups in total. The second kappa shape index (κ2) is 2.98. The van der Waals surface area contributed by atoms with Gasteiger partial charge in [0.05, 0.1) is 12.0 Å². The fourth-order valence-electron chi connectivity index (χ4n) is 1.71. The lowest BCUT2D eigenvalue weighted by Crippen LogP contribution is -2.19. The van der Waals surface area contributed by atoms with E-state index in [1.807, 2.05) is 0 Å². The van der Waals surface area contributed by atoms with Crippen LogP contribution in [-0.2, 0) is 10.2 Å². The van der Waals surface area contributed by atoms with Crippen LogP contribution in [-0.4, -0.2) is 16.1 Å². The molecule has 82 valence electrons. The van der Waals surface area contributed by atoms with Crippen molar-refractivity contribution in [1.82, 2.24) is 4.98 Å². The highest BCUT2D eigenvalue weighted by Gasteiger charge is 2.54. The predicted molar refractivity (Wildman–Crippen MR) is 52.8 cm³/mol. The van der Waals surface area contributed by atoms with Gasteiger partial charge in [-0.15, -0.1) is 0 Å². The van der Waals surface area contributed by atoms with Crippen LogP contribution in [0.1, 0.15) is 18.5 Å². The third-order valence-corrected chi connectivity index (χ3v) is 2.89. The van der Waals surface area contributed by atoms with Crippen molar-refractivity contribution in [2.24, 2.45) is 0 Å². The summed E-state index contributed by atoms with van der Waals surface area (Å²) < 4.78 is 10.3. The summed E-state index contributed by atoms with van der Waals surface area (Å²) in [6, 6.07) is 3.44. The fraction of sp³-hybridized carbons (Fsp3) is 0.273. The molecule has 0 radical (unpaired) electrons. The van der Waals surface area contributed by atoms with Crippen LogP contribution >= 0.6 is 0 Å². The van der Waals surface area contributed by atoms with Gasteiger partial charge in [0.25, 0.3) is 5.89 Å². The average molecular weight is 219 g/mol. The van der Waals surface area contributed by atoms with Crippen molar-refractivity contribution in [3.63, 3.8) is 0 Å². The van der Waals surface area contributed by atoms with Crippen molar-refractivity contribution in [1.29, 1.82) is 0 Å². The van der Waals surface area contributed by atoms with E-state index in [1.54, 1.807) is 12.1 Å².